The quantitative estimate of drug-likeness (QED) is 0.516. The van der Waals surface area contributed by atoms with Gasteiger partial charge in [0, 0.05) is 0 Å². The van der Waals surface area contributed by atoms with Crippen LogP contribution >= 0.6 is 0 Å². The number of nitrogens with zero attached hydrogens (tertiary/aromatic N) is 1. The molecule has 2 rings (SSSR count). The van der Waals surface area contributed by atoms with Crippen LogP contribution in [-0.2, 0) is 0 Å². The van der Waals surface area contributed by atoms with E-state index in [1.165, 1.54) is 31.4 Å². The molecule has 1 N–H and O–H groups in total. The molecule has 7 heteroatoms. The van der Waals surface area contributed by atoms with Gasteiger partial charge in [-0.3, -0.25) is 0 Å². The zero-order chi connectivity index (χ0) is 15.4. The first-order valence-corrected chi connectivity index (χ1v) is 6.78. The van der Waals surface area contributed by atoms with Gasteiger partial charge in [-0.1, -0.05) is 0 Å². The van der Waals surface area contributed by atoms with Crippen LogP contribution in [0.2, 0.25) is 0 Å². The van der Waals surface area contributed by atoms with Gasteiger partial charge in [0.15, 0.2) is 0 Å². The zero-order valence-corrected chi connectivity index (χ0v) is 12.7. The SMILES string of the molecule is COc1cccc(C(=O)Nc2ccc([N+](=O)[O-])cc2)c1[Se]. The van der Waals surface area contributed by atoms with E-state index in [0.717, 1.165) is 0 Å². The Morgan fingerprint density at radius 2 is 1.90 bits per heavy atom. The summed E-state index contributed by atoms with van der Waals surface area (Å²) in [6.45, 7) is 0. The fourth-order valence-corrected chi connectivity index (χ4v) is 2.38. The Balaban J connectivity index is 2.20. The van der Waals surface area contributed by atoms with Crippen molar-refractivity contribution in [2.45, 2.75) is 0 Å². The molecule has 0 bridgehead atoms. The van der Waals surface area contributed by atoms with E-state index in [-0.39, 0.29) is 11.6 Å². The number of methoxy groups -OCH3 is 1. The third-order valence-corrected chi connectivity index (χ3v) is 3.66. The molecule has 107 valence electrons. The number of nitro benzene ring substituents is 1. The van der Waals surface area contributed by atoms with Gasteiger partial charge in [0.2, 0.25) is 0 Å². The number of ether oxygens (including phenoxy) is 1. The maximum atomic E-state index is 12.2. The molecule has 6 nitrogen and oxygen atoms in total. The minimum atomic E-state index is -0.493. The molecule has 0 saturated carbocycles. The number of nitrogens with one attached hydrogen (secondary N) is 1. The Kier molecular flexibility index (Phi) is 4.57. The van der Waals surface area contributed by atoms with Gasteiger partial charge < -0.3 is 0 Å². The van der Waals surface area contributed by atoms with Gasteiger partial charge in [-0.15, -0.1) is 0 Å². The monoisotopic (exact) mass is 351 g/mol. The summed E-state index contributed by atoms with van der Waals surface area (Å²) in [7, 11) is 1.52. The molecule has 1 radical (unpaired) electrons. The van der Waals surface area contributed by atoms with Gasteiger partial charge in [-0.05, 0) is 0 Å². The average molecular weight is 350 g/mol. The first-order chi connectivity index (χ1) is 10.0. The molecule has 2 aromatic rings. The Labute approximate surface area is 129 Å². The molecule has 0 saturated heterocycles. The van der Waals surface area contributed by atoms with Crippen molar-refractivity contribution >= 4 is 37.8 Å². The Hall–Kier alpha value is -2.37. The molecule has 21 heavy (non-hydrogen) atoms. The third kappa shape index (κ3) is 3.39. The van der Waals surface area contributed by atoms with Crippen molar-refractivity contribution in [3.8, 4) is 5.75 Å². The van der Waals surface area contributed by atoms with E-state index >= 15 is 0 Å². The molecule has 0 aliphatic rings. The molecule has 0 spiro atoms. The summed E-state index contributed by atoms with van der Waals surface area (Å²) in [6, 6.07) is 10.7. The number of carbonyl (C=O) groups excluding carboxylic acids is 1. The van der Waals surface area contributed by atoms with Gasteiger partial charge in [0.1, 0.15) is 0 Å². The van der Waals surface area contributed by atoms with Crippen LogP contribution in [0.1, 0.15) is 10.4 Å². The van der Waals surface area contributed by atoms with Crippen molar-refractivity contribution in [1.29, 1.82) is 0 Å². The number of hydrogen-bond donors (Lipinski definition) is 1. The number of hydrogen-bond acceptors (Lipinski definition) is 4. The topological polar surface area (TPSA) is 81.5 Å². The van der Waals surface area contributed by atoms with Crippen molar-refractivity contribution in [2.75, 3.05) is 12.4 Å². The molecule has 0 aliphatic carbocycles. The van der Waals surface area contributed by atoms with Gasteiger partial charge in [-0.2, -0.15) is 0 Å². The summed E-state index contributed by atoms with van der Waals surface area (Å²) in [6.07, 6.45) is 0. The van der Waals surface area contributed by atoms with E-state index < -0.39 is 4.92 Å². The fourth-order valence-electron chi connectivity index (χ4n) is 1.72. The summed E-state index contributed by atoms with van der Waals surface area (Å²) in [5.74, 6) is 0.253. The first kappa shape index (κ1) is 15.0. The second kappa shape index (κ2) is 6.39. The van der Waals surface area contributed by atoms with Crippen molar-refractivity contribution in [3.63, 3.8) is 0 Å². The van der Waals surface area contributed by atoms with Crippen LogP contribution in [0, 0.1) is 10.1 Å². The molecule has 2 aromatic carbocycles. The van der Waals surface area contributed by atoms with Crippen molar-refractivity contribution in [3.05, 3.63) is 58.1 Å². The molecule has 0 heterocycles. The Morgan fingerprint density at radius 1 is 1.24 bits per heavy atom. The summed E-state index contributed by atoms with van der Waals surface area (Å²) in [5.41, 5.74) is 0.888. The molecule has 0 aromatic heterocycles. The van der Waals surface area contributed by atoms with Gasteiger partial charge in [-0.25, -0.2) is 0 Å². The van der Waals surface area contributed by atoms with Crippen LogP contribution in [-0.4, -0.2) is 34.0 Å². The number of benzene rings is 2. The standard InChI is InChI=1S/C14H11N2O4Se/c1-20-12-4-2-3-11(13(12)21)14(17)15-9-5-7-10(8-6-9)16(18)19/h2-8H,1H3,(H,15,17). The molecule has 0 aliphatic heterocycles. The average Bonchev–Trinajstić information content (AvgIpc) is 2.48. The van der Waals surface area contributed by atoms with Crippen molar-refractivity contribution in [2.24, 2.45) is 0 Å². The second-order valence-corrected chi connectivity index (χ2v) is 4.95. The van der Waals surface area contributed by atoms with E-state index in [2.05, 4.69) is 21.3 Å². The summed E-state index contributed by atoms with van der Waals surface area (Å²) < 4.78 is 5.75. The van der Waals surface area contributed by atoms with Crippen LogP contribution < -0.4 is 14.5 Å². The predicted molar refractivity (Wildman–Crippen MR) is 79.4 cm³/mol. The molecular formula is C14H11N2O4Se. The molecular weight excluding hydrogens is 339 g/mol. The first-order valence-electron chi connectivity index (χ1n) is 5.92. The summed E-state index contributed by atoms with van der Waals surface area (Å²) in [5, 5.41) is 13.3. The number of non-ortho nitro benzene ring substituents is 1. The number of rotatable bonds is 4. The fraction of sp³-hybridized carbons (Fsp3) is 0.0714. The minimum absolute atomic E-state index is 0.0288. The summed E-state index contributed by atoms with van der Waals surface area (Å²) in [4.78, 5) is 22.3. The maximum absolute atomic E-state index is 12.2. The molecule has 0 unspecified atom stereocenters. The van der Waals surface area contributed by atoms with Gasteiger partial charge >= 0.3 is 129 Å². The van der Waals surface area contributed by atoms with Crippen LogP contribution in [0.4, 0.5) is 11.4 Å². The summed E-state index contributed by atoms with van der Waals surface area (Å²) >= 11 is 2.81. The van der Waals surface area contributed by atoms with Crippen molar-refractivity contribution < 1.29 is 14.5 Å². The predicted octanol–water partition coefficient (Wildman–Crippen LogP) is 1.65. The molecule has 0 atom stereocenters. The third-order valence-electron chi connectivity index (χ3n) is 2.78. The molecule has 0 fully saturated rings. The van der Waals surface area contributed by atoms with Gasteiger partial charge in [0.05, 0.1) is 0 Å². The van der Waals surface area contributed by atoms with Crippen LogP contribution in [0.15, 0.2) is 42.5 Å². The van der Waals surface area contributed by atoms with E-state index in [4.69, 9.17) is 4.74 Å². The van der Waals surface area contributed by atoms with E-state index in [1.54, 1.807) is 18.2 Å². The number of carbonyl (C=O) groups is 1. The van der Waals surface area contributed by atoms with Crippen LogP contribution in [0.5, 0.6) is 5.75 Å². The van der Waals surface area contributed by atoms with Gasteiger partial charge in [0.25, 0.3) is 0 Å². The zero-order valence-electron chi connectivity index (χ0n) is 11.0. The van der Waals surface area contributed by atoms with E-state index in [0.29, 0.717) is 21.5 Å². The van der Waals surface area contributed by atoms with E-state index in [1.807, 2.05) is 0 Å². The molecule has 1 amide bonds. The number of nitro groups is 1. The number of anilines is 1. The van der Waals surface area contributed by atoms with Crippen LogP contribution in [0.3, 0.4) is 0 Å². The Morgan fingerprint density at radius 3 is 2.48 bits per heavy atom. The number of amides is 1. The second-order valence-electron chi connectivity index (χ2n) is 4.10. The normalized spacial score (nSPS) is 9.95. The van der Waals surface area contributed by atoms with Crippen LogP contribution in [0.25, 0.3) is 0 Å². The Bertz CT molecular complexity index is 686. The van der Waals surface area contributed by atoms with Crippen molar-refractivity contribution in [1.82, 2.24) is 0 Å². The van der Waals surface area contributed by atoms with E-state index in [9.17, 15) is 14.9 Å².